The van der Waals surface area contributed by atoms with Gasteiger partial charge in [0.15, 0.2) is 9.84 Å². The van der Waals surface area contributed by atoms with Crippen molar-refractivity contribution < 1.29 is 17.9 Å². The van der Waals surface area contributed by atoms with Crippen LogP contribution in [0.3, 0.4) is 0 Å². The highest BCUT2D eigenvalue weighted by Crippen LogP contribution is 2.42. The van der Waals surface area contributed by atoms with E-state index in [-0.39, 0.29) is 16.2 Å². The summed E-state index contributed by atoms with van der Waals surface area (Å²) in [6.07, 6.45) is 2.85. The van der Waals surface area contributed by atoms with Crippen LogP contribution in [-0.2, 0) is 20.0 Å². The number of rotatable bonds is 8. The highest BCUT2D eigenvalue weighted by molar-refractivity contribution is 7.91. The smallest absolute Gasteiger partial charge is 0.324 e. The fraction of sp³-hybridized carbons (Fsp3) is 0.417. The summed E-state index contributed by atoms with van der Waals surface area (Å²) < 4.78 is 36.3. The highest BCUT2D eigenvalue weighted by Gasteiger charge is 2.38. The average molecular weight is 672 g/mol. The van der Waals surface area contributed by atoms with Gasteiger partial charge in [0.1, 0.15) is 11.6 Å². The van der Waals surface area contributed by atoms with Crippen LogP contribution in [0.1, 0.15) is 55.7 Å². The average Bonchev–Trinajstić information content (AvgIpc) is 3.51. The first-order valence-corrected chi connectivity index (χ1v) is 18.1. The number of benzene rings is 2. The van der Waals surface area contributed by atoms with E-state index in [4.69, 9.17) is 9.84 Å². The molecule has 2 amide bonds. The van der Waals surface area contributed by atoms with Gasteiger partial charge in [-0.15, -0.1) is 0 Å². The molecule has 0 radical (unpaired) electrons. The molecule has 3 N–H and O–H groups in total. The number of nitrogens with zero attached hydrogens (tertiary/aromatic N) is 4. The molecule has 0 spiro atoms. The van der Waals surface area contributed by atoms with E-state index in [2.05, 4.69) is 46.6 Å². The van der Waals surface area contributed by atoms with Crippen molar-refractivity contribution in [2.45, 2.75) is 56.1 Å². The van der Waals surface area contributed by atoms with Gasteiger partial charge in [-0.3, -0.25) is 5.32 Å². The van der Waals surface area contributed by atoms with Crippen molar-refractivity contribution in [3.8, 4) is 5.69 Å². The number of piperidine rings is 1. The van der Waals surface area contributed by atoms with E-state index in [0.717, 1.165) is 35.9 Å². The number of aryl methyl sites for hydroxylation is 1. The third-order valence-electron chi connectivity index (χ3n) is 9.04. The molecule has 2 aromatic heterocycles. The summed E-state index contributed by atoms with van der Waals surface area (Å²) in [6, 6.07) is 19.9. The van der Waals surface area contributed by atoms with Gasteiger partial charge in [0.05, 0.1) is 34.7 Å². The maximum atomic E-state index is 14.5. The Kier molecular flexibility index (Phi) is 9.86. The molecular formula is C36H45N7O4S. The van der Waals surface area contributed by atoms with Crippen molar-refractivity contribution in [3.63, 3.8) is 0 Å². The van der Waals surface area contributed by atoms with Crippen LogP contribution in [0.5, 0.6) is 0 Å². The molecule has 2 fully saturated rings. The maximum Gasteiger partial charge on any atom is 0.324 e. The van der Waals surface area contributed by atoms with Crippen LogP contribution in [0.4, 0.5) is 22.1 Å². The standard InChI is InChI=1S/C36H45N7O4S/c1-25-9-11-27(12-10-25)43-33(23-31(41-43)36(2,3)4)40-35(44)39-30-8-6-5-7-29(30)34(26-15-17-37-18-16-26)48(45,46)28-13-14-32(38-24-28)42-19-21-47-22-20-42/h5-14,23-24,26,34,37H,15-22H2,1-4H3,(H2,39,40,44). The van der Waals surface area contributed by atoms with Crippen LogP contribution in [0.2, 0.25) is 0 Å². The topological polar surface area (TPSA) is 130 Å². The van der Waals surface area contributed by atoms with E-state index >= 15 is 0 Å². The van der Waals surface area contributed by atoms with Crippen LogP contribution in [-0.4, -0.2) is 68.6 Å². The summed E-state index contributed by atoms with van der Waals surface area (Å²) in [7, 11) is -3.90. The third-order valence-corrected chi connectivity index (χ3v) is 11.3. The van der Waals surface area contributed by atoms with Crippen molar-refractivity contribution >= 4 is 33.2 Å². The minimum atomic E-state index is -3.90. The summed E-state index contributed by atoms with van der Waals surface area (Å²) >= 11 is 0. The molecule has 0 saturated carbocycles. The lowest BCUT2D eigenvalue weighted by Crippen LogP contribution is -2.36. The molecule has 0 aliphatic carbocycles. The van der Waals surface area contributed by atoms with Gasteiger partial charge in [0.25, 0.3) is 0 Å². The lowest BCUT2D eigenvalue weighted by Gasteiger charge is -2.32. The summed E-state index contributed by atoms with van der Waals surface area (Å²) in [5.41, 5.74) is 3.51. The Morgan fingerprint density at radius 2 is 1.69 bits per heavy atom. The van der Waals surface area contributed by atoms with Gasteiger partial charge in [-0.25, -0.2) is 22.9 Å². The van der Waals surface area contributed by atoms with Crippen LogP contribution in [0.15, 0.2) is 77.8 Å². The minimum absolute atomic E-state index is 0.154. The van der Waals surface area contributed by atoms with E-state index in [1.807, 2.05) is 49.4 Å². The van der Waals surface area contributed by atoms with Gasteiger partial charge in [-0.2, -0.15) is 5.10 Å². The lowest BCUT2D eigenvalue weighted by molar-refractivity contribution is 0.122. The number of amides is 2. The minimum Gasteiger partial charge on any atom is -0.378 e. The van der Waals surface area contributed by atoms with Crippen molar-refractivity contribution in [3.05, 3.63) is 89.7 Å². The molecule has 12 heteroatoms. The number of anilines is 3. The van der Waals surface area contributed by atoms with Crippen molar-refractivity contribution in [1.82, 2.24) is 20.1 Å². The van der Waals surface area contributed by atoms with Crippen molar-refractivity contribution in [2.24, 2.45) is 5.92 Å². The van der Waals surface area contributed by atoms with E-state index < -0.39 is 21.1 Å². The van der Waals surface area contributed by atoms with E-state index in [9.17, 15) is 13.2 Å². The number of carbonyl (C=O) groups excluding carboxylic acids is 1. The van der Waals surface area contributed by atoms with Gasteiger partial charge in [-0.1, -0.05) is 56.7 Å². The van der Waals surface area contributed by atoms with Crippen molar-refractivity contribution in [1.29, 1.82) is 0 Å². The number of pyridine rings is 1. The Morgan fingerprint density at radius 3 is 2.35 bits per heavy atom. The second kappa shape index (κ2) is 14.1. The molecule has 48 heavy (non-hydrogen) atoms. The number of morpholine rings is 1. The normalized spacial score (nSPS) is 16.8. The van der Waals surface area contributed by atoms with Gasteiger partial charge in [0, 0.05) is 36.5 Å². The molecule has 2 saturated heterocycles. The quantitative estimate of drug-likeness (QED) is 0.212. The summed E-state index contributed by atoms with van der Waals surface area (Å²) in [5, 5.41) is 13.3. The molecule has 2 aromatic carbocycles. The second-order valence-corrected chi connectivity index (χ2v) is 15.7. The first-order valence-electron chi connectivity index (χ1n) is 16.6. The molecule has 11 nitrogen and oxygen atoms in total. The highest BCUT2D eigenvalue weighted by atomic mass is 32.2. The molecule has 0 bridgehead atoms. The van der Waals surface area contributed by atoms with Crippen molar-refractivity contribution in [2.75, 3.05) is 54.9 Å². The van der Waals surface area contributed by atoms with Crippen LogP contribution >= 0.6 is 0 Å². The number of hydrogen-bond donors (Lipinski definition) is 3. The molecule has 4 aromatic rings. The number of sulfone groups is 1. The first kappa shape index (κ1) is 33.6. The second-order valence-electron chi connectivity index (χ2n) is 13.6. The molecule has 4 heterocycles. The Hall–Kier alpha value is -4.26. The van der Waals surface area contributed by atoms with E-state index in [1.54, 1.807) is 28.9 Å². The fourth-order valence-electron chi connectivity index (χ4n) is 6.34. The molecule has 254 valence electrons. The number of urea groups is 1. The number of nitrogens with one attached hydrogen (secondary N) is 3. The molecule has 6 rings (SSSR count). The molecule has 1 unspecified atom stereocenters. The van der Waals surface area contributed by atoms with E-state index in [0.29, 0.717) is 56.2 Å². The number of carbonyl (C=O) groups is 1. The first-order chi connectivity index (χ1) is 23.0. The lowest BCUT2D eigenvalue weighted by atomic mass is 9.89. The number of ether oxygens (including phenoxy) is 1. The van der Waals surface area contributed by atoms with Crippen LogP contribution < -0.4 is 20.9 Å². The fourth-order valence-corrected chi connectivity index (χ4v) is 8.41. The zero-order valence-electron chi connectivity index (χ0n) is 28.1. The zero-order chi connectivity index (χ0) is 33.9. The Bertz CT molecular complexity index is 1820. The molecule has 2 aliphatic heterocycles. The Balaban J connectivity index is 1.31. The Morgan fingerprint density at radius 1 is 0.979 bits per heavy atom. The molecule has 2 aliphatic rings. The van der Waals surface area contributed by atoms with Crippen LogP contribution in [0.25, 0.3) is 5.69 Å². The van der Waals surface area contributed by atoms with E-state index in [1.165, 1.54) is 6.20 Å². The Labute approximate surface area is 283 Å². The number of para-hydroxylation sites is 1. The molecule has 1 atom stereocenters. The van der Waals surface area contributed by atoms with Gasteiger partial charge < -0.3 is 20.3 Å². The summed E-state index contributed by atoms with van der Waals surface area (Å²) in [6.45, 7) is 12.3. The monoisotopic (exact) mass is 671 g/mol. The predicted octanol–water partition coefficient (Wildman–Crippen LogP) is 5.87. The SMILES string of the molecule is Cc1ccc(-n2nc(C(C)(C)C)cc2NC(=O)Nc2ccccc2C(C2CCNCC2)S(=O)(=O)c2ccc(N3CCOCC3)nc2)cc1. The summed E-state index contributed by atoms with van der Waals surface area (Å²) in [5.74, 6) is 1.08. The number of aromatic nitrogens is 3. The predicted molar refractivity (Wildman–Crippen MR) is 189 cm³/mol. The van der Waals surface area contributed by atoms with Gasteiger partial charge in [0.2, 0.25) is 0 Å². The zero-order valence-corrected chi connectivity index (χ0v) is 28.9. The summed E-state index contributed by atoms with van der Waals surface area (Å²) in [4.78, 5) is 20.5. The van der Waals surface area contributed by atoms with Crippen LogP contribution in [0, 0.1) is 12.8 Å². The maximum absolute atomic E-state index is 14.5. The van der Waals surface area contributed by atoms with Gasteiger partial charge >= 0.3 is 6.03 Å². The number of hydrogen-bond acceptors (Lipinski definition) is 8. The molecular weight excluding hydrogens is 627 g/mol. The largest absolute Gasteiger partial charge is 0.378 e. The third kappa shape index (κ3) is 7.40. The van der Waals surface area contributed by atoms with Gasteiger partial charge in [-0.05, 0) is 74.7 Å².